The second kappa shape index (κ2) is 4.51. The summed E-state index contributed by atoms with van der Waals surface area (Å²) in [5.74, 6) is 1.14. The Morgan fingerprint density at radius 3 is 3.00 bits per heavy atom. The number of hydrogen-bond acceptors (Lipinski definition) is 1. The third-order valence-electron chi connectivity index (χ3n) is 1.91. The Labute approximate surface area is 78.6 Å². The molecule has 0 fully saturated rings. The van der Waals surface area contributed by atoms with Crippen LogP contribution in [0, 0.1) is 0 Å². The second-order valence-corrected chi connectivity index (χ2v) is 3.69. The highest BCUT2D eigenvalue weighted by Crippen LogP contribution is 2.07. The standard InChI is InChI=1S/C9H15ClN2/c1-3-12-7-6-11-9(12)5-4-8(2)10/h6-8H,3-5H2,1-2H3. The van der Waals surface area contributed by atoms with Crippen LogP contribution in [0.25, 0.3) is 0 Å². The SMILES string of the molecule is CCn1ccnc1CCC(C)Cl. The molecule has 0 aliphatic rings. The highest BCUT2D eigenvalue weighted by atomic mass is 35.5. The van der Waals surface area contributed by atoms with Crippen LogP contribution in [-0.2, 0) is 13.0 Å². The average molecular weight is 187 g/mol. The molecule has 1 aromatic heterocycles. The van der Waals surface area contributed by atoms with Crippen molar-refractivity contribution in [3.05, 3.63) is 18.2 Å². The maximum absolute atomic E-state index is 5.85. The molecule has 0 aromatic carbocycles. The molecule has 0 saturated carbocycles. The molecule has 3 heteroatoms. The quantitative estimate of drug-likeness (QED) is 0.661. The van der Waals surface area contributed by atoms with E-state index in [4.69, 9.17) is 11.6 Å². The third kappa shape index (κ3) is 2.52. The Hall–Kier alpha value is -0.500. The summed E-state index contributed by atoms with van der Waals surface area (Å²) in [5, 5.41) is 0.243. The van der Waals surface area contributed by atoms with Gasteiger partial charge >= 0.3 is 0 Å². The van der Waals surface area contributed by atoms with Crippen LogP contribution < -0.4 is 0 Å². The monoisotopic (exact) mass is 186 g/mol. The fraction of sp³-hybridized carbons (Fsp3) is 0.667. The Morgan fingerprint density at radius 1 is 1.67 bits per heavy atom. The van der Waals surface area contributed by atoms with Crippen molar-refractivity contribution in [1.82, 2.24) is 9.55 Å². The van der Waals surface area contributed by atoms with Gasteiger partial charge in [-0.2, -0.15) is 0 Å². The summed E-state index contributed by atoms with van der Waals surface area (Å²) >= 11 is 5.85. The number of halogens is 1. The summed E-state index contributed by atoms with van der Waals surface area (Å²) in [7, 11) is 0. The molecule has 1 heterocycles. The molecular formula is C9H15ClN2. The second-order valence-electron chi connectivity index (χ2n) is 2.95. The first-order valence-corrected chi connectivity index (χ1v) is 4.81. The lowest BCUT2D eigenvalue weighted by molar-refractivity contribution is 0.664. The van der Waals surface area contributed by atoms with E-state index in [1.165, 1.54) is 0 Å². The highest BCUT2D eigenvalue weighted by molar-refractivity contribution is 6.20. The van der Waals surface area contributed by atoms with Crippen molar-refractivity contribution in [2.75, 3.05) is 0 Å². The summed E-state index contributed by atoms with van der Waals surface area (Å²) in [6.07, 6.45) is 5.83. The Morgan fingerprint density at radius 2 is 2.42 bits per heavy atom. The van der Waals surface area contributed by atoms with E-state index < -0.39 is 0 Å². The van der Waals surface area contributed by atoms with Crippen LogP contribution in [-0.4, -0.2) is 14.9 Å². The van der Waals surface area contributed by atoms with Crippen molar-refractivity contribution >= 4 is 11.6 Å². The zero-order valence-electron chi connectivity index (χ0n) is 7.63. The van der Waals surface area contributed by atoms with Gasteiger partial charge in [0.2, 0.25) is 0 Å². The molecular weight excluding hydrogens is 172 g/mol. The van der Waals surface area contributed by atoms with Crippen LogP contribution in [0.4, 0.5) is 0 Å². The van der Waals surface area contributed by atoms with Gasteiger partial charge < -0.3 is 4.57 Å². The topological polar surface area (TPSA) is 17.8 Å². The van der Waals surface area contributed by atoms with Crippen LogP contribution in [0.15, 0.2) is 12.4 Å². The first kappa shape index (κ1) is 9.59. The number of alkyl halides is 1. The molecule has 1 atom stereocenters. The lowest BCUT2D eigenvalue weighted by Gasteiger charge is -2.04. The minimum absolute atomic E-state index is 0.243. The lowest BCUT2D eigenvalue weighted by Crippen LogP contribution is -2.03. The largest absolute Gasteiger partial charge is 0.335 e. The Kier molecular flexibility index (Phi) is 3.60. The average Bonchev–Trinajstić information content (AvgIpc) is 2.47. The number of nitrogens with zero attached hydrogens (tertiary/aromatic N) is 2. The van der Waals surface area contributed by atoms with E-state index in [0.717, 1.165) is 25.2 Å². The zero-order valence-corrected chi connectivity index (χ0v) is 8.38. The summed E-state index contributed by atoms with van der Waals surface area (Å²) in [4.78, 5) is 4.26. The zero-order chi connectivity index (χ0) is 8.97. The molecule has 2 nitrogen and oxygen atoms in total. The van der Waals surface area contributed by atoms with Crippen molar-refractivity contribution in [2.45, 2.75) is 38.6 Å². The highest BCUT2D eigenvalue weighted by Gasteiger charge is 2.02. The maximum Gasteiger partial charge on any atom is 0.108 e. The van der Waals surface area contributed by atoms with Gasteiger partial charge in [0.05, 0.1) is 0 Å². The van der Waals surface area contributed by atoms with E-state index >= 15 is 0 Å². The van der Waals surface area contributed by atoms with Gasteiger partial charge in [0, 0.05) is 30.7 Å². The fourth-order valence-corrected chi connectivity index (χ4v) is 1.29. The molecule has 1 rings (SSSR count). The van der Waals surface area contributed by atoms with E-state index in [1.807, 2.05) is 19.3 Å². The molecule has 0 amide bonds. The van der Waals surface area contributed by atoms with E-state index in [0.29, 0.717) is 0 Å². The molecule has 1 unspecified atom stereocenters. The van der Waals surface area contributed by atoms with Crippen LogP contribution in [0.3, 0.4) is 0 Å². The van der Waals surface area contributed by atoms with E-state index in [-0.39, 0.29) is 5.38 Å². The van der Waals surface area contributed by atoms with Crippen molar-refractivity contribution in [1.29, 1.82) is 0 Å². The van der Waals surface area contributed by atoms with Gasteiger partial charge in [-0.25, -0.2) is 4.98 Å². The van der Waals surface area contributed by atoms with Crippen molar-refractivity contribution in [3.63, 3.8) is 0 Å². The van der Waals surface area contributed by atoms with E-state index in [1.54, 1.807) is 0 Å². The normalized spacial score (nSPS) is 13.2. The summed E-state index contributed by atoms with van der Waals surface area (Å²) in [5.41, 5.74) is 0. The molecule has 0 aliphatic heterocycles. The molecule has 0 N–H and O–H groups in total. The fourth-order valence-electron chi connectivity index (χ4n) is 1.18. The van der Waals surface area contributed by atoms with Gasteiger partial charge in [-0.3, -0.25) is 0 Å². The number of aryl methyl sites for hydroxylation is 2. The van der Waals surface area contributed by atoms with Crippen LogP contribution >= 0.6 is 11.6 Å². The first-order valence-electron chi connectivity index (χ1n) is 4.38. The summed E-state index contributed by atoms with van der Waals surface area (Å²) in [6, 6.07) is 0. The minimum Gasteiger partial charge on any atom is -0.335 e. The van der Waals surface area contributed by atoms with Gasteiger partial charge in [0.25, 0.3) is 0 Å². The number of rotatable bonds is 4. The number of aromatic nitrogens is 2. The van der Waals surface area contributed by atoms with Gasteiger partial charge in [-0.1, -0.05) is 0 Å². The van der Waals surface area contributed by atoms with E-state index in [2.05, 4.69) is 16.5 Å². The molecule has 68 valence electrons. The van der Waals surface area contributed by atoms with Crippen molar-refractivity contribution < 1.29 is 0 Å². The van der Waals surface area contributed by atoms with Crippen LogP contribution in [0.2, 0.25) is 0 Å². The smallest absolute Gasteiger partial charge is 0.108 e. The number of imidazole rings is 1. The summed E-state index contributed by atoms with van der Waals surface area (Å²) < 4.78 is 2.15. The first-order chi connectivity index (χ1) is 5.74. The predicted octanol–water partition coefficient (Wildman–Crippen LogP) is 2.46. The Balaban J connectivity index is 2.50. The van der Waals surface area contributed by atoms with Gasteiger partial charge in [0.1, 0.15) is 5.82 Å². The maximum atomic E-state index is 5.85. The predicted molar refractivity (Wildman–Crippen MR) is 51.5 cm³/mol. The van der Waals surface area contributed by atoms with E-state index in [9.17, 15) is 0 Å². The van der Waals surface area contributed by atoms with Gasteiger partial charge in [-0.15, -0.1) is 11.6 Å². The molecule has 0 radical (unpaired) electrons. The van der Waals surface area contributed by atoms with Crippen LogP contribution in [0.1, 0.15) is 26.1 Å². The lowest BCUT2D eigenvalue weighted by atomic mass is 10.2. The Bertz CT molecular complexity index is 230. The molecule has 1 aromatic rings. The molecule has 0 spiro atoms. The molecule has 0 saturated heterocycles. The minimum atomic E-state index is 0.243. The van der Waals surface area contributed by atoms with Crippen LogP contribution in [0.5, 0.6) is 0 Å². The third-order valence-corrected chi connectivity index (χ3v) is 2.13. The van der Waals surface area contributed by atoms with Gasteiger partial charge in [0.15, 0.2) is 0 Å². The van der Waals surface area contributed by atoms with Crippen molar-refractivity contribution in [2.24, 2.45) is 0 Å². The van der Waals surface area contributed by atoms with Gasteiger partial charge in [-0.05, 0) is 20.3 Å². The molecule has 12 heavy (non-hydrogen) atoms. The number of hydrogen-bond donors (Lipinski definition) is 0. The summed E-state index contributed by atoms with van der Waals surface area (Å²) in [6.45, 7) is 5.13. The molecule has 0 aliphatic carbocycles. The van der Waals surface area contributed by atoms with Crippen molar-refractivity contribution in [3.8, 4) is 0 Å². The molecule has 0 bridgehead atoms.